The zero-order valence-electron chi connectivity index (χ0n) is 15.6. The Morgan fingerprint density at radius 3 is 2.39 bits per heavy atom. The fourth-order valence-electron chi connectivity index (χ4n) is 2.75. The molecule has 0 aliphatic rings. The highest BCUT2D eigenvalue weighted by molar-refractivity contribution is 6.05. The van der Waals surface area contributed by atoms with Crippen LogP contribution in [0.4, 0.5) is 11.4 Å². The van der Waals surface area contributed by atoms with Gasteiger partial charge in [-0.25, -0.2) is 9.97 Å². The van der Waals surface area contributed by atoms with Crippen molar-refractivity contribution in [1.29, 1.82) is 0 Å². The number of nitrogens with one attached hydrogen (secondary N) is 1. The van der Waals surface area contributed by atoms with E-state index in [4.69, 9.17) is 4.74 Å². The van der Waals surface area contributed by atoms with Crippen LogP contribution in [0.2, 0.25) is 0 Å². The Bertz CT molecular complexity index is 1050. The molecule has 0 aliphatic heterocycles. The number of nitro groups is 1. The second-order valence-electron chi connectivity index (χ2n) is 6.22. The van der Waals surface area contributed by atoms with E-state index in [0.717, 1.165) is 11.4 Å². The van der Waals surface area contributed by atoms with Gasteiger partial charge in [-0.15, -0.1) is 0 Å². The normalized spacial score (nSPS) is 10.4. The van der Waals surface area contributed by atoms with Crippen LogP contribution in [0.1, 0.15) is 27.3 Å². The molecule has 1 heterocycles. The molecular weight excluding hydrogens is 360 g/mol. The van der Waals surface area contributed by atoms with E-state index in [0.29, 0.717) is 17.0 Å². The van der Waals surface area contributed by atoms with E-state index in [-0.39, 0.29) is 17.3 Å². The van der Waals surface area contributed by atoms with Crippen molar-refractivity contribution in [3.8, 4) is 11.8 Å². The maximum Gasteiger partial charge on any atom is 0.322 e. The first-order valence-electron chi connectivity index (χ1n) is 8.49. The summed E-state index contributed by atoms with van der Waals surface area (Å²) >= 11 is 0. The molecule has 3 rings (SSSR count). The van der Waals surface area contributed by atoms with E-state index in [2.05, 4.69) is 15.3 Å². The Balaban J connectivity index is 1.80. The average molecular weight is 378 g/mol. The lowest BCUT2D eigenvalue weighted by Crippen LogP contribution is -2.14. The van der Waals surface area contributed by atoms with E-state index < -0.39 is 10.8 Å². The number of aryl methyl sites for hydroxylation is 2. The second-order valence-corrected chi connectivity index (χ2v) is 6.22. The predicted octanol–water partition coefficient (Wildman–Crippen LogP) is 4.35. The summed E-state index contributed by atoms with van der Waals surface area (Å²) in [5.74, 6) is 0.0135. The molecule has 8 nitrogen and oxygen atoms in total. The first-order valence-corrected chi connectivity index (χ1v) is 8.49. The summed E-state index contributed by atoms with van der Waals surface area (Å²) in [7, 11) is 0. The lowest BCUT2D eigenvalue weighted by molar-refractivity contribution is -0.385. The van der Waals surface area contributed by atoms with E-state index in [1.165, 1.54) is 12.1 Å². The lowest BCUT2D eigenvalue weighted by atomic mass is 10.1. The topological polar surface area (TPSA) is 107 Å². The van der Waals surface area contributed by atoms with Crippen molar-refractivity contribution in [2.45, 2.75) is 20.8 Å². The zero-order chi connectivity index (χ0) is 20.3. The number of carbonyl (C=O) groups excluding carboxylic acids is 1. The van der Waals surface area contributed by atoms with Crippen LogP contribution in [0.3, 0.4) is 0 Å². The number of amides is 1. The Hall–Kier alpha value is -3.81. The molecule has 1 N–H and O–H groups in total. The molecule has 0 unspecified atom stereocenters. The summed E-state index contributed by atoms with van der Waals surface area (Å²) in [4.78, 5) is 31.6. The van der Waals surface area contributed by atoms with Crippen molar-refractivity contribution in [1.82, 2.24) is 9.97 Å². The van der Waals surface area contributed by atoms with E-state index >= 15 is 0 Å². The molecule has 142 valence electrons. The number of rotatable bonds is 5. The van der Waals surface area contributed by atoms with Gasteiger partial charge in [0, 0.05) is 40.3 Å². The number of ether oxygens (including phenoxy) is 1. The molecule has 0 saturated carbocycles. The predicted molar refractivity (Wildman–Crippen MR) is 104 cm³/mol. The van der Waals surface area contributed by atoms with Crippen molar-refractivity contribution in [3.63, 3.8) is 0 Å². The molecule has 8 heteroatoms. The van der Waals surface area contributed by atoms with Gasteiger partial charge in [0.2, 0.25) is 0 Å². The highest BCUT2D eigenvalue weighted by Crippen LogP contribution is 2.25. The van der Waals surface area contributed by atoms with Gasteiger partial charge in [-0.3, -0.25) is 14.9 Å². The second kappa shape index (κ2) is 7.83. The monoisotopic (exact) mass is 378 g/mol. The van der Waals surface area contributed by atoms with Crippen LogP contribution in [-0.4, -0.2) is 20.8 Å². The summed E-state index contributed by atoms with van der Waals surface area (Å²) in [6.45, 7) is 5.24. The van der Waals surface area contributed by atoms with Crippen molar-refractivity contribution in [2.24, 2.45) is 0 Å². The number of carbonyl (C=O) groups is 1. The number of hydrogen-bond donors (Lipinski definition) is 1. The third-order valence-electron chi connectivity index (χ3n) is 4.01. The third kappa shape index (κ3) is 4.29. The Morgan fingerprint density at radius 1 is 1.04 bits per heavy atom. The van der Waals surface area contributed by atoms with Crippen molar-refractivity contribution >= 4 is 17.3 Å². The van der Waals surface area contributed by atoms with Crippen LogP contribution in [0.15, 0.2) is 48.5 Å². The quantitative estimate of drug-likeness (QED) is 0.522. The molecule has 0 aliphatic carbocycles. The van der Waals surface area contributed by atoms with Crippen molar-refractivity contribution < 1.29 is 14.5 Å². The van der Waals surface area contributed by atoms with Crippen LogP contribution in [0.5, 0.6) is 11.8 Å². The van der Waals surface area contributed by atoms with Gasteiger partial charge in [-0.2, -0.15) is 0 Å². The van der Waals surface area contributed by atoms with Crippen LogP contribution >= 0.6 is 0 Å². The molecule has 1 amide bonds. The van der Waals surface area contributed by atoms with Gasteiger partial charge in [-0.05, 0) is 45.0 Å². The third-order valence-corrected chi connectivity index (χ3v) is 4.01. The Kier molecular flexibility index (Phi) is 5.30. The molecule has 0 fully saturated rings. The lowest BCUT2D eigenvalue weighted by Gasteiger charge is -2.10. The molecule has 28 heavy (non-hydrogen) atoms. The number of hydrogen-bond acceptors (Lipinski definition) is 6. The van der Waals surface area contributed by atoms with Gasteiger partial charge < -0.3 is 10.1 Å². The van der Waals surface area contributed by atoms with Gasteiger partial charge in [0.25, 0.3) is 11.6 Å². The minimum Gasteiger partial charge on any atom is -0.424 e. The van der Waals surface area contributed by atoms with Gasteiger partial charge >= 0.3 is 6.01 Å². The number of anilines is 1. The number of aromatic nitrogens is 2. The van der Waals surface area contributed by atoms with E-state index in [1.807, 2.05) is 19.9 Å². The van der Waals surface area contributed by atoms with Crippen molar-refractivity contribution in [3.05, 3.63) is 81.2 Å². The van der Waals surface area contributed by atoms with E-state index in [1.54, 1.807) is 37.3 Å². The Morgan fingerprint density at radius 2 is 1.71 bits per heavy atom. The molecule has 0 atom stereocenters. The maximum absolute atomic E-state index is 12.6. The minimum atomic E-state index is -0.510. The highest BCUT2D eigenvalue weighted by Gasteiger charge is 2.18. The van der Waals surface area contributed by atoms with Crippen LogP contribution in [0, 0.1) is 30.9 Å². The molecule has 3 aromatic rings. The summed E-state index contributed by atoms with van der Waals surface area (Å²) in [5, 5.41) is 13.8. The first kappa shape index (κ1) is 19.0. The summed E-state index contributed by atoms with van der Waals surface area (Å²) in [6, 6.07) is 13.2. The molecule has 0 saturated heterocycles. The molecule has 1 aromatic heterocycles. The number of benzene rings is 2. The maximum atomic E-state index is 12.6. The summed E-state index contributed by atoms with van der Waals surface area (Å²) in [5.41, 5.74) is 2.50. The van der Waals surface area contributed by atoms with Gasteiger partial charge in [0.1, 0.15) is 5.75 Å². The van der Waals surface area contributed by atoms with Gasteiger partial charge in [0.05, 0.1) is 4.92 Å². The van der Waals surface area contributed by atoms with Gasteiger partial charge in [0.15, 0.2) is 0 Å². The fraction of sp³-hybridized carbons (Fsp3) is 0.150. The van der Waals surface area contributed by atoms with Crippen LogP contribution < -0.4 is 10.1 Å². The molecule has 2 aromatic carbocycles. The minimum absolute atomic E-state index is 0.100. The standard InChI is InChI=1S/C20H18N4O4/c1-12-10-13(2)22-20(21-12)28-16-7-4-6-15(11-16)23-19(25)17-8-5-9-18(14(17)3)24(26)27/h4-11H,1-3H3,(H,23,25). The summed E-state index contributed by atoms with van der Waals surface area (Å²) in [6.07, 6.45) is 0. The zero-order valence-corrected chi connectivity index (χ0v) is 15.6. The molecule has 0 spiro atoms. The highest BCUT2D eigenvalue weighted by atomic mass is 16.6. The largest absolute Gasteiger partial charge is 0.424 e. The molecule has 0 bridgehead atoms. The van der Waals surface area contributed by atoms with E-state index in [9.17, 15) is 14.9 Å². The first-order chi connectivity index (χ1) is 13.3. The fourth-order valence-corrected chi connectivity index (χ4v) is 2.75. The molecular formula is C20H18N4O4. The van der Waals surface area contributed by atoms with Crippen LogP contribution in [0.25, 0.3) is 0 Å². The van der Waals surface area contributed by atoms with Crippen molar-refractivity contribution in [2.75, 3.05) is 5.32 Å². The SMILES string of the molecule is Cc1cc(C)nc(Oc2cccc(NC(=O)c3cccc([N+](=O)[O-])c3C)c2)n1. The smallest absolute Gasteiger partial charge is 0.322 e. The number of nitro benzene ring substituents is 1. The molecule has 0 radical (unpaired) electrons. The number of nitrogens with zero attached hydrogens (tertiary/aromatic N) is 3. The Labute approximate surface area is 161 Å². The van der Waals surface area contributed by atoms with Crippen LogP contribution in [-0.2, 0) is 0 Å². The van der Waals surface area contributed by atoms with Gasteiger partial charge in [-0.1, -0.05) is 12.1 Å². The summed E-state index contributed by atoms with van der Waals surface area (Å²) < 4.78 is 5.68. The average Bonchev–Trinajstić information content (AvgIpc) is 2.61.